The van der Waals surface area contributed by atoms with E-state index in [-0.39, 0.29) is 12.6 Å². The smallest absolute Gasteiger partial charge is 0.163 e. The second-order valence-corrected chi connectivity index (χ2v) is 4.01. The van der Waals surface area contributed by atoms with E-state index in [0.29, 0.717) is 0 Å². The van der Waals surface area contributed by atoms with Crippen LogP contribution in [-0.4, -0.2) is 19.7 Å². The summed E-state index contributed by atoms with van der Waals surface area (Å²) >= 11 is 0. The normalized spacial score (nSPS) is 23.9. The van der Waals surface area contributed by atoms with Crippen LogP contribution >= 0.6 is 0 Å². The van der Waals surface area contributed by atoms with E-state index in [0.717, 1.165) is 25.0 Å². The zero-order valence-corrected chi connectivity index (χ0v) is 9.81. The fraction of sp³-hybridized carbons (Fsp3) is 0.538. The lowest BCUT2D eigenvalue weighted by Crippen LogP contribution is -2.38. The Kier molecular flexibility index (Phi) is 3.80. The van der Waals surface area contributed by atoms with Crippen LogP contribution < -0.4 is 4.74 Å². The van der Waals surface area contributed by atoms with Crippen molar-refractivity contribution < 1.29 is 14.2 Å². The highest BCUT2D eigenvalue weighted by Gasteiger charge is 2.25. The Balaban J connectivity index is 1.68. The molecule has 1 heterocycles. The van der Waals surface area contributed by atoms with Crippen LogP contribution in [0.4, 0.5) is 0 Å². The van der Waals surface area contributed by atoms with Gasteiger partial charge >= 0.3 is 0 Å². The monoisotopic (exact) mass is 222 g/mol. The first-order valence-electron chi connectivity index (χ1n) is 5.72. The van der Waals surface area contributed by atoms with Gasteiger partial charge in [0, 0.05) is 0 Å². The first-order valence-corrected chi connectivity index (χ1v) is 5.72. The Hall–Kier alpha value is -1.06. The average Bonchev–Trinajstić information content (AvgIpc) is 2.27. The van der Waals surface area contributed by atoms with Crippen LogP contribution in [0.25, 0.3) is 0 Å². The fourth-order valence-corrected chi connectivity index (χ4v) is 1.84. The van der Waals surface area contributed by atoms with Gasteiger partial charge in [-0.2, -0.15) is 0 Å². The summed E-state index contributed by atoms with van der Waals surface area (Å²) in [4.78, 5) is 0. The number of methoxy groups -OCH3 is 1. The van der Waals surface area contributed by atoms with Crippen molar-refractivity contribution in [1.29, 1.82) is 0 Å². The lowest BCUT2D eigenvalue weighted by Gasteiger charge is -2.33. The molecule has 88 valence electrons. The minimum atomic E-state index is -0.00835. The summed E-state index contributed by atoms with van der Waals surface area (Å²) in [6.45, 7) is 1.92. The Morgan fingerprint density at radius 3 is 2.44 bits per heavy atom. The van der Waals surface area contributed by atoms with Gasteiger partial charge in [-0.3, -0.25) is 0 Å². The van der Waals surface area contributed by atoms with E-state index < -0.39 is 0 Å². The van der Waals surface area contributed by atoms with E-state index in [9.17, 15) is 0 Å². The van der Waals surface area contributed by atoms with Gasteiger partial charge in [0.15, 0.2) is 12.6 Å². The van der Waals surface area contributed by atoms with Gasteiger partial charge in [0.05, 0.1) is 7.11 Å². The predicted octanol–water partition coefficient (Wildman–Crippen LogP) is 2.74. The van der Waals surface area contributed by atoms with E-state index >= 15 is 0 Å². The number of hydrogen-bond acceptors (Lipinski definition) is 3. The van der Waals surface area contributed by atoms with E-state index in [1.54, 1.807) is 7.11 Å². The lowest BCUT2D eigenvalue weighted by molar-refractivity contribution is -0.377. The Labute approximate surface area is 96.3 Å². The first-order chi connectivity index (χ1) is 7.78. The van der Waals surface area contributed by atoms with Gasteiger partial charge in [-0.1, -0.05) is 12.1 Å². The van der Waals surface area contributed by atoms with E-state index in [1.807, 2.05) is 19.1 Å². The molecule has 0 N–H and O–H groups in total. The predicted molar refractivity (Wildman–Crippen MR) is 61.4 cm³/mol. The van der Waals surface area contributed by atoms with Crippen LogP contribution in [0, 0.1) is 0 Å². The maximum absolute atomic E-state index is 5.37. The van der Waals surface area contributed by atoms with Gasteiger partial charge in [0.2, 0.25) is 0 Å². The Morgan fingerprint density at radius 1 is 1.19 bits per heavy atom. The van der Waals surface area contributed by atoms with Crippen molar-refractivity contribution in [3.63, 3.8) is 0 Å². The summed E-state index contributed by atoms with van der Waals surface area (Å²) in [6.07, 6.45) is 3.13. The van der Waals surface area contributed by atoms with Crippen molar-refractivity contribution >= 4 is 0 Å². The highest BCUT2D eigenvalue weighted by molar-refractivity contribution is 5.27. The number of hydrogen-bond donors (Lipinski definition) is 0. The SMILES string of the molecule is COc1ccc(CCCC2OC(C)O2)cc1. The standard InChI is InChI=1S/C13H18O3/c1-10-15-13(16-10)5-3-4-11-6-8-12(14-2)9-7-11/h6-10,13H,3-5H2,1-2H3. The molecule has 1 aliphatic rings. The quantitative estimate of drug-likeness (QED) is 0.766. The molecule has 16 heavy (non-hydrogen) atoms. The molecule has 0 unspecified atom stereocenters. The third-order valence-electron chi connectivity index (χ3n) is 2.75. The number of benzene rings is 1. The molecule has 0 saturated carbocycles. The second-order valence-electron chi connectivity index (χ2n) is 4.01. The molecule has 0 atom stereocenters. The summed E-state index contributed by atoms with van der Waals surface area (Å²) in [5.74, 6) is 0.906. The van der Waals surface area contributed by atoms with Crippen LogP contribution in [0.15, 0.2) is 24.3 Å². The molecule has 0 amide bonds. The van der Waals surface area contributed by atoms with Gasteiger partial charge in [0.1, 0.15) is 5.75 Å². The average molecular weight is 222 g/mol. The summed E-state index contributed by atoms with van der Waals surface area (Å²) < 4.78 is 15.9. The van der Waals surface area contributed by atoms with Crippen molar-refractivity contribution in [2.45, 2.75) is 38.8 Å². The van der Waals surface area contributed by atoms with E-state index in [4.69, 9.17) is 14.2 Å². The minimum absolute atomic E-state index is 0.00835. The molecule has 0 spiro atoms. The van der Waals surface area contributed by atoms with Crippen molar-refractivity contribution in [3.8, 4) is 5.75 Å². The summed E-state index contributed by atoms with van der Waals surface area (Å²) in [6, 6.07) is 8.19. The number of aryl methyl sites for hydroxylation is 1. The highest BCUT2D eigenvalue weighted by Crippen LogP contribution is 2.21. The molecule has 1 fully saturated rings. The lowest BCUT2D eigenvalue weighted by atomic mass is 10.1. The van der Waals surface area contributed by atoms with E-state index in [1.165, 1.54) is 5.56 Å². The van der Waals surface area contributed by atoms with Gasteiger partial charge in [-0.25, -0.2) is 0 Å². The molecule has 0 bridgehead atoms. The summed E-state index contributed by atoms with van der Waals surface area (Å²) in [7, 11) is 1.68. The molecule has 1 saturated heterocycles. The van der Waals surface area contributed by atoms with Gasteiger partial charge < -0.3 is 14.2 Å². The molecule has 3 heteroatoms. The number of rotatable bonds is 5. The minimum Gasteiger partial charge on any atom is -0.497 e. The third-order valence-corrected chi connectivity index (χ3v) is 2.75. The van der Waals surface area contributed by atoms with Crippen LogP contribution in [0.1, 0.15) is 25.3 Å². The molecular formula is C13H18O3. The maximum Gasteiger partial charge on any atom is 0.163 e. The largest absolute Gasteiger partial charge is 0.497 e. The maximum atomic E-state index is 5.37. The molecule has 1 aliphatic heterocycles. The van der Waals surface area contributed by atoms with Crippen molar-refractivity contribution in [1.82, 2.24) is 0 Å². The molecule has 1 aromatic carbocycles. The van der Waals surface area contributed by atoms with Crippen LogP contribution in [0.3, 0.4) is 0 Å². The molecule has 2 rings (SSSR count). The van der Waals surface area contributed by atoms with Crippen LogP contribution in [0.5, 0.6) is 5.75 Å². The van der Waals surface area contributed by atoms with Crippen LogP contribution in [0.2, 0.25) is 0 Å². The topological polar surface area (TPSA) is 27.7 Å². The molecule has 1 aromatic rings. The highest BCUT2D eigenvalue weighted by atomic mass is 16.9. The summed E-state index contributed by atoms with van der Waals surface area (Å²) in [5, 5.41) is 0. The zero-order chi connectivity index (χ0) is 11.4. The van der Waals surface area contributed by atoms with E-state index in [2.05, 4.69) is 12.1 Å². The van der Waals surface area contributed by atoms with Crippen molar-refractivity contribution in [2.24, 2.45) is 0 Å². The number of ether oxygens (including phenoxy) is 3. The van der Waals surface area contributed by atoms with Gasteiger partial charge in [0.25, 0.3) is 0 Å². The third kappa shape index (κ3) is 2.97. The van der Waals surface area contributed by atoms with Crippen molar-refractivity contribution in [2.75, 3.05) is 7.11 Å². The first kappa shape index (κ1) is 11.4. The molecule has 3 nitrogen and oxygen atoms in total. The van der Waals surface area contributed by atoms with Gasteiger partial charge in [-0.05, 0) is 43.9 Å². The summed E-state index contributed by atoms with van der Waals surface area (Å²) in [5.41, 5.74) is 1.33. The van der Waals surface area contributed by atoms with Crippen molar-refractivity contribution in [3.05, 3.63) is 29.8 Å². The molecular weight excluding hydrogens is 204 g/mol. The Bertz CT molecular complexity index is 314. The molecule has 0 aromatic heterocycles. The van der Waals surface area contributed by atoms with Gasteiger partial charge in [-0.15, -0.1) is 0 Å². The fourth-order valence-electron chi connectivity index (χ4n) is 1.84. The zero-order valence-electron chi connectivity index (χ0n) is 9.81. The Morgan fingerprint density at radius 2 is 1.88 bits per heavy atom. The van der Waals surface area contributed by atoms with Crippen LogP contribution in [-0.2, 0) is 15.9 Å². The molecule has 0 radical (unpaired) electrons. The second kappa shape index (κ2) is 5.32. The molecule has 0 aliphatic carbocycles.